The molecule has 3 rings (SSSR count). The van der Waals surface area contributed by atoms with Crippen LogP contribution in [0.4, 0.5) is 17.3 Å². The van der Waals surface area contributed by atoms with Gasteiger partial charge in [-0.25, -0.2) is 9.97 Å². The fourth-order valence-electron chi connectivity index (χ4n) is 2.58. The molecule has 0 amide bonds. The van der Waals surface area contributed by atoms with Crippen LogP contribution in [0.2, 0.25) is 0 Å². The average molecular weight is 348 g/mol. The molecular weight excluding hydrogens is 324 g/mol. The highest BCUT2D eigenvalue weighted by Gasteiger charge is 2.08. The van der Waals surface area contributed by atoms with E-state index in [1.807, 2.05) is 69.3 Å². The number of aryl methyl sites for hydroxylation is 1. The maximum absolute atomic E-state index is 5.86. The summed E-state index contributed by atoms with van der Waals surface area (Å²) >= 11 is 0. The van der Waals surface area contributed by atoms with Gasteiger partial charge >= 0.3 is 0 Å². The van der Waals surface area contributed by atoms with Crippen molar-refractivity contribution in [2.24, 2.45) is 0 Å². The van der Waals surface area contributed by atoms with E-state index in [1.165, 1.54) is 5.56 Å². The molecule has 5 heteroatoms. The Labute approximate surface area is 154 Å². The van der Waals surface area contributed by atoms with Crippen molar-refractivity contribution in [3.8, 4) is 5.75 Å². The van der Waals surface area contributed by atoms with Gasteiger partial charge in [-0.05, 0) is 38.5 Å². The smallest absolute Gasteiger partial charge is 0.143 e. The van der Waals surface area contributed by atoms with Crippen molar-refractivity contribution in [2.75, 3.05) is 10.6 Å². The van der Waals surface area contributed by atoms with Crippen molar-refractivity contribution in [2.45, 2.75) is 33.4 Å². The van der Waals surface area contributed by atoms with Gasteiger partial charge in [-0.3, -0.25) is 0 Å². The minimum atomic E-state index is 0.105. The molecule has 0 radical (unpaired) electrons. The maximum Gasteiger partial charge on any atom is 0.143 e. The van der Waals surface area contributed by atoms with Gasteiger partial charge < -0.3 is 15.4 Å². The van der Waals surface area contributed by atoms with Gasteiger partial charge in [0, 0.05) is 12.6 Å². The van der Waals surface area contributed by atoms with Crippen LogP contribution in [0, 0.1) is 6.92 Å². The number of aromatic nitrogens is 2. The standard InChI is InChI=1S/C21H24N4O/c1-15(2)26-19-12-8-7-11-18(19)25-21-13-20(23-16(3)24-21)22-14-17-9-5-4-6-10-17/h4-13,15H,14H2,1-3H3,(H2,22,23,24,25). The highest BCUT2D eigenvalue weighted by molar-refractivity contribution is 5.65. The molecule has 26 heavy (non-hydrogen) atoms. The summed E-state index contributed by atoms with van der Waals surface area (Å²) in [4.78, 5) is 8.95. The number of hydrogen-bond acceptors (Lipinski definition) is 5. The third-order valence-electron chi connectivity index (χ3n) is 3.67. The van der Waals surface area contributed by atoms with Crippen LogP contribution in [0.1, 0.15) is 25.2 Å². The van der Waals surface area contributed by atoms with Crippen LogP contribution < -0.4 is 15.4 Å². The van der Waals surface area contributed by atoms with Crippen LogP contribution in [0.3, 0.4) is 0 Å². The van der Waals surface area contributed by atoms with Gasteiger partial charge in [0.1, 0.15) is 23.2 Å². The number of nitrogens with zero attached hydrogens (tertiary/aromatic N) is 2. The first-order valence-electron chi connectivity index (χ1n) is 8.76. The second-order valence-electron chi connectivity index (χ2n) is 6.31. The summed E-state index contributed by atoms with van der Waals surface area (Å²) in [7, 11) is 0. The average Bonchev–Trinajstić information content (AvgIpc) is 2.62. The number of benzene rings is 2. The Morgan fingerprint density at radius 3 is 2.38 bits per heavy atom. The molecule has 0 bridgehead atoms. The summed E-state index contributed by atoms with van der Waals surface area (Å²) in [6.45, 7) is 6.62. The molecule has 0 atom stereocenters. The number of hydrogen-bond donors (Lipinski definition) is 2. The predicted octanol–water partition coefficient (Wildman–Crippen LogP) is 4.93. The monoisotopic (exact) mass is 348 g/mol. The van der Waals surface area contributed by atoms with Gasteiger partial charge in [-0.1, -0.05) is 42.5 Å². The quantitative estimate of drug-likeness (QED) is 0.634. The molecular formula is C21H24N4O. The van der Waals surface area contributed by atoms with Crippen molar-refractivity contribution in [1.29, 1.82) is 0 Å². The van der Waals surface area contributed by atoms with Gasteiger partial charge in [-0.2, -0.15) is 0 Å². The molecule has 2 N–H and O–H groups in total. The Hall–Kier alpha value is -3.08. The Morgan fingerprint density at radius 1 is 0.923 bits per heavy atom. The summed E-state index contributed by atoms with van der Waals surface area (Å²) in [5.41, 5.74) is 2.09. The Morgan fingerprint density at radius 2 is 1.62 bits per heavy atom. The SMILES string of the molecule is Cc1nc(NCc2ccccc2)cc(Nc2ccccc2OC(C)C)n1. The van der Waals surface area contributed by atoms with Crippen molar-refractivity contribution < 1.29 is 4.74 Å². The molecule has 0 unspecified atom stereocenters. The highest BCUT2D eigenvalue weighted by atomic mass is 16.5. The first-order chi connectivity index (χ1) is 12.6. The van der Waals surface area contributed by atoms with Crippen LogP contribution in [0.25, 0.3) is 0 Å². The zero-order valence-electron chi connectivity index (χ0n) is 15.4. The lowest BCUT2D eigenvalue weighted by molar-refractivity contribution is 0.244. The normalized spacial score (nSPS) is 10.6. The molecule has 0 fully saturated rings. The third kappa shape index (κ3) is 4.96. The molecule has 134 valence electrons. The van der Waals surface area contributed by atoms with Crippen LogP contribution in [-0.2, 0) is 6.54 Å². The van der Waals surface area contributed by atoms with Crippen LogP contribution in [0.5, 0.6) is 5.75 Å². The zero-order chi connectivity index (χ0) is 18.4. The van der Waals surface area contributed by atoms with Crippen molar-refractivity contribution in [1.82, 2.24) is 9.97 Å². The van der Waals surface area contributed by atoms with E-state index in [-0.39, 0.29) is 6.10 Å². The van der Waals surface area contributed by atoms with Crippen molar-refractivity contribution >= 4 is 17.3 Å². The lowest BCUT2D eigenvalue weighted by atomic mass is 10.2. The maximum atomic E-state index is 5.86. The van der Waals surface area contributed by atoms with Crippen LogP contribution in [0.15, 0.2) is 60.7 Å². The lowest BCUT2D eigenvalue weighted by Crippen LogP contribution is -2.08. The molecule has 1 heterocycles. The largest absolute Gasteiger partial charge is 0.489 e. The molecule has 0 aliphatic heterocycles. The predicted molar refractivity (Wildman–Crippen MR) is 106 cm³/mol. The first-order valence-corrected chi connectivity index (χ1v) is 8.76. The van der Waals surface area contributed by atoms with Gasteiger partial charge in [-0.15, -0.1) is 0 Å². The van der Waals surface area contributed by atoms with E-state index >= 15 is 0 Å². The Kier molecular flexibility index (Phi) is 5.69. The fourth-order valence-corrected chi connectivity index (χ4v) is 2.58. The van der Waals surface area contributed by atoms with E-state index in [2.05, 4.69) is 32.7 Å². The van der Waals surface area contributed by atoms with E-state index in [9.17, 15) is 0 Å². The summed E-state index contributed by atoms with van der Waals surface area (Å²) in [5, 5.41) is 6.69. The molecule has 0 aliphatic carbocycles. The third-order valence-corrected chi connectivity index (χ3v) is 3.67. The number of nitrogens with one attached hydrogen (secondary N) is 2. The first kappa shape index (κ1) is 17.7. The fraction of sp³-hybridized carbons (Fsp3) is 0.238. The Bertz CT molecular complexity index is 850. The second-order valence-corrected chi connectivity index (χ2v) is 6.31. The van der Waals surface area contributed by atoms with Crippen molar-refractivity contribution in [3.63, 3.8) is 0 Å². The summed E-state index contributed by atoms with van der Waals surface area (Å²) in [6.07, 6.45) is 0.105. The molecule has 0 spiro atoms. The number of rotatable bonds is 7. The molecule has 5 nitrogen and oxygen atoms in total. The van der Waals surface area contributed by atoms with Gasteiger partial charge in [0.2, 0.25) is 0 Å². The number of ether oxygens (including phenoxy) is 1. The molecule has 0 saturated carbocycles. The van der Waals surface area contributed by atoms with Crippen LogP contribution in [-0.4, -0.2) is 16.1 Å². The highest BCUT2D eigenvalue weighted by Crippen LogP contribution is 2.28. The topological polar surface area (TPSA) is 59.1 Å². The second kappa shape index (κ2) is 8.34. The Balaban J connectivity index is 1.76. The zero-order valence-corrected chi connectivity index (χ0v) is 15.4. The summed E-state index contributed by atoms with van der Waals surface area (Å²) < 4.78 is 5.86. The number of anilines is 3. The summed E-state index contributed by atoms with van der Waals surface area (Å²) in [5.74, 6) is 3.02. The van der Waals surface area contributed by atoms with E-state index in [1.54, 1.807) is 0 Å². The van der Waals surface area contributed by atoms with Gasteiger partial charge in [0.05, 0.1) is 11.8 Å². The van der Waals surface area contributed by atoms with E-state index < -0.39 is 0 Å². The molecule has 2 aromatic carbocycles. The molecule has 3 aromatic rings. The van der Waals surface area contributed by atoms with E-state index in [0.717, 1.165) is 23.1 Å². The summed E-state index contributed by atoms with van der Waals surface area (Å²) in [6, 6.07) is 20.0. The van der Waals surface area contributed by atoms with Crippen molar-refractivity contribution in [3.05, 3.63) is 72.1 Å². The van der Waals surface area contributed by atoms with Crippen LogP contribution >= 0.6 is 0 Å². The molecule has 0 aliphatic rings. The number of para-hydroxylation sites is 2. The lowest BCUT2D eigenvalue weighted by Gasteiger charge is -2.16. The van der Waals surface area contributed by atoms with E-state index in [0.29, 0.717) is 12.4 Å². The minimum absolute atomic E-state index is 0.105. The minimum Gasteiger partial charge on any atom is -0.489 e. The van der Waals surface area contributed by atoms with E-state index in [4.69, 9.17) is 4.74 Å². The molecule has 1 aromatic heterocycles. The van der Waals surface area contributed by atoms with Gasteiger partial charge in [0.25, 0.3) is 0 Å². The molecule has 0 saturated heterocycles. The van der Waals surface area contributed by atoms with Gasteiger partial charge in [0.15, 0.2) is 0 Å².